The van der Waals surface area contributed by atoms with Gasteiger partial charge in [0.15, 0.2) is 0 Å². The van der Waals surface area contributed by atoms with Crippen LogP contribution in [-0.2, 0) is 13.6 Å². The average Bonchev–Trinajstić information content (AvgIpc) is 3.25. The zero-order valence-corrected chi connectivity index (χ0v) is 16.1. The normalized spacial score (nSPS) is 17.8. The maximum absolute atomic E-state index is 13.1. The Morgan fingerprint density at radius 1 is 1.31 bits per heavy atom. The van der Waals surface area contributed by atoms with Gasteiger partial charge in [-0.2, -0.15) is 0 Å². The van der Waals surface area contributed by atoms with Crippen LogP contribution >= 0.6 is 23.7 Å². The first kappa shape index (κ1) is 19.0. The molecule has 4 rings (SSSR count). The number of aryl methyl sites for hydroxylation is 1. The van der Waals surface area contributed by atoms with Crippen molar-refractivity contribution in [1.29, 1.82) is 0 Å². The van der Waals surface area contributed by atoms with Crippen molar-refractivity contribution in [3.8, 4) is 10.6 Å². The van der Waals surface area contributed by atoms with E-state index < -0.39 is 0 Å². The van der Waals surface area contributed by atoms with E-state index >= 15 is 0 Å². The second-order valence-corrected chi connectivity index (χ2v) is 7.10. The first-order valence-corrected chi connectivity index (χ1v) is 9.21. The molecule has 0 bridgehead atoms. The molecular formula is C18H21ClFN5S. The van der Waals surface area contributed by atoms with Gasteiger partial charge in [-0.3, -0.25) is 4.90 Å². The molecule has 1 aliphatic rings. The topological polar surface area (TPSA) is 46.0 Å². The molecule has 8 heteroatoms. The molecule has 1 aliphatic heterocycles. The Bertz CT molecular complexity index is 847. The summed E-state index contributed by atoms with van der Waals surface area (Å²) in [5.74, 6) is 0.848. The van der Waals surface area contributed by atoms with Crippen molar-refractivity contribution in [3.05, 3.63) is 59.4 Å². The highest BCUT2D eigenvalue weighted by Gasteiger charge is 2.27. The molecule has 5 nitrogen and oxygen atoms in total. The van der Waals surface area contributed by atoms with E-state index in [4.69, 9.17) is 4.98 Å². The molecule has 0 amide bonds. The minimum Gasteiger partial charge on any atom is -0.337 e. The van der Waals surface area contributed by atoms with Crippen LogP contribution in [0.4, 0.5) is 4.39 Å². The Kier molecular flexibility index (Phi) is 6.03. The van der Waals surface area contributed by atoms with E-state index in [1.165, 1.54) is 12.1 Å². The van der Waals surface area contributed by atoms with Gasteiger partial charge in [-0.25, -0.2) is 14.4 Å². The summed E-state index contributed by atoms with van der Waals surface area (Å²) < 4.78 is 15.2. The highest BCUT2D eigenvalue weighted by Crippen LogP contribution is 2.27. The lowest BCUT2D eigenvalue weighted by Gasteiger charge is -2.35. The van der Waals surface area contributed by atoms with Gasteiger partial charge in [0.2, 0.25) is 0 Å². The number of halogens is 2. The summed E-state index contributed by atoms with van der Waals surface area (Å²) in [5, 5.41) is 6.48. The summed E-state index contributed by atoms with van der Waals surface area (Å²) in [7, 11) is 2.03. The van der Waals surface area contributed by atoms with Crippen LogP contribution in [0.3, 0.4) is 0 Å². The smallest absolute Gasteiger partial charge is 0.127 e. The quantitative estimate of drug-likeness (QED) is 0.739. The van der Waals surface area contributed by atoms with Gasteiger partial charge in [0.25, 0.3) is 0 Å². The number of rotatable bonds is 4. The van der Waals surface area contributed by atoms with Crippen LogP contribution in [-0.4, -0.2) is 39.1 Å². The lowest BCUT2D eigenvalue weighted by molar-refractivity contribution is 0.143. The summed E-state index contributed by atoms with van der Waals surface area (Å²) >= 11 is 1.60. The maximum atomic E-state index is 13.1. The third-order valence-electron chi connectivity index (χ3n) is 4.52. The predicted molar refractivity (Wildman–Crippen MR) is 104 cm³/mol. The monoisotopic (exact) mass is 393 g/mol. The molecule has 0 aliphatic carbocycles. The molecule has 0 radical (unpaired) electrons. The van der Waals surface area contributed by atoms with Gasteiger partial charge in [0.05, 0.1) is 11.7 Å². The predicted octanol–water partition coefficient (Wildman–Crippen LogP) is 3.25. The second-order valence-electron chi connectivity index (χ2n) is 6.24. The van der Waals surface area contributed by atoms with E-state index in [9.17, 15) is 4.39 Å². The maximum Gasteiger partial charge on any atom is 0.127 e. The molecule has 1 unspecified atom stereocenters. The number of hydrogen-bond acceptors (Lipinski definition) is 5. The molecule has 0 spiro atoms. The summed E-state index contributed by atoms with van der Waals surface area (Å²) in [6.07, 6.45) is 3.83. The van der Waals surface area contributed by atoms with E-state index in [1.54, 1.807) is 23.5 Å². The number of nitrogens with one attached hydrogen (secondary N) is 1. The van der Waals surface area contributed by atoms with Crippen LogP contribution in [0.5, 0.6) is 0 Å². The second kappa shape index (κ2) is 8.26. The van der Waals surface area contributed by atoms with Gasteiger partial charge in [-0.15, -0.1) is 23.7 Å². The standard InChI is InChI=1S/C18H20FN5S.ClH/c1-23-8-7-21-17(23)16-10-20-6-9-24(16)11-15-12-25-18(22-15)13-2-4-14(19)5-3-13;/h2-5,7-8,12,16,20H,6,9-11H2,1H3;1H. The molecule has 2 aromatic heterocycles. The Labute approximate surface area is 162 Å². The van der Waals surface area contributed by atoms with Crippen LogP contribution < -0.4 is 5.32 Å². The van der Waals surface area contributed by atoms with Crippen molar-refractivity contribution >= 4 is 23.7 Å². The van der Waals surface area contributed by atoms with Crippen molar-refractivity contribution in [3.63, 3.8) is 0 Å². The molecule has 1 aromatic carbocycles. The first-order chi connectivity index (χ1) is 12.2. The summed E-state index contributed by atoms with van der Waals surface area (Å²) in [6, 6.07) is 6.75. The molecule has 0 saturated carbocycles. The van der Waals surface area contributed by atoms with Gasteiger partial charge >= 0.3 is 0 Å². The molecule has 1 saturated heterocycles. The molecule has 3 aromatic rings. The van der Waals surface area contributed by atoms with Crippen LogP contribution in [0.1, 0.15) is 17.6 Å². The SMILES string of the molecule is Cl.Cn1ccnc1C1CNCCN1Cc1csc(-c2ccc(F)cc2)n1. The summed E-state index contributed by atoms with van der Waals surface area (Å²) in [6.45, 7) is 3.60. The van der Waals surface area contributed by atoms with Crippen molar-refractivity contribution in [1.82, 2.24) is 24.8 Å². The molecule has 3 heterocycles. The lowest BCUT2D eigenvalue weighted by Crippen LogP contribution is -2.46. The Morgan fingerprint density at radius 3 is 2.85 bits per heavy atom. The fraction of sp³-hybridized carbons (Fsp3) is 0.333. The number of piperazine rings is 1. The lowest BCUT2D eigenvalue weighted by atomic mass is 10.1. The van der Waals surface area contributed by atoms with Crippen LogP contribution in [0.2, 0.25) is 0 Å². The number of thiazole rings is 1. The largest absolute Gasteiger partial charge is 0.337 e. The van der Waals surface area contributed by atoms with Crippen molar-refractivity contribution in [2.75, 3.05) is 19.6 Å². The number of hydrogen-bond donors (Lipinski definition) is 1. The van der Waals surface area contributed by atoms with Gasteiger partial charge < -0.3 is 9.88 Å². The zero-order chi connectivity index (χ0) is 17.2. The molecular weight excluding hydrogens is 373 g/mol. The molecule has 138 valence electrons. The molecule has 1 N–H and O–H groups in total. The average molecular weight is 394 g/mol. The van der Waals surface area contributed by atoms with E-state index in [1.807, 2.05) is 19.4 Å². The number of aromatic nitrogens is 3. The van der Waals surface area contributed by atoms with Crippen LogP contribution in [0, 0.1) is 5.82 Å². The number of imidazole rings is 1. The molecule has 1 fully saturated rings. The highest BCUT2D eigenvalue weighted by molar-refractivity contribution is 7.13. The summed E-state index contributed by atoms with van der Waals surface area (Å²) in [4.78, 5) is 11.7. The van der Waals surface area contributed by atoms with Gasteiger partial charge in [-0.1, -0.05) is 0 Å². The number of benzene rings is 1. The third kappa shape index (κ3) is 3.96. The van der Waals surface area contributed by atoms with E-state index in [0.29, 0.717) is 0 Å². The first-order valence-electron chi connectivity index (χ1n) is 8.33. The Balaban J connectivity index is 0.00000196. The fourth-order valence-corrected chi connectivity index (χ4v) is 4.02. The highest BCUT2D eigenvalue weighted by atomic mass is 35.5. The van der Waals surface area contributed by atoms with Crippen LogP contribution in [0.15, 0.2) is 42.0 Å². The van der Waals surface area contributed by atoms with Crippen molar-refractivity contribution in [2.24, 2.45) is 7.05 Å². The van der Waals surface area contributed by atoms with E-state index in [0.717, 1.165) is 48.3 Å². The molecule has 1 atom stereocenters. The van der Waals surface area contributed by atoms with Gasteiger partial charge in [0, 0.05) is 56.6 Å². The minimum absolute atomic E-state index is 0. The van der Waals surface area contributed by atoms with E-state index in [2.05, 4.69) is 25.1 Å². The zero-order valence-electron chi connectivity index (χ0n) is 14.4. The summed E-state index contributed by atoms with van der Waals surface area (Å²) in [5.41, 5.74) is 2.00. The van der Waals surface area contributed by atoms with Gasteiger partial charge in [-0.05, 0) is 24.3 Å². The van der Waals surface area contributed by atoms with Crippen LogP contribution in [0.25, 0.3) is 10.6 Å². The fourth-order valence-electron chi connectivity index (χ4n) is 3.20. The number of nitrogens with zero attached hydrogens (tertiary/aromatic N) is 4. The minimum atomic E-state index is -0.223. The Hall–Kier alpha value is -1.80. The Morgan fingerprint density at radius 2 is 2.12 bits per heavy atom. The van der Waals surface area contributed by atoms with E-state index in [-0.39, 0.29) is 24.3 Å². The van der Waals surface area contributed by atoms with Crippen molar-refractivity contribution < 1.29 is 4.39 Å². The van der Waals surface area contributed by atoms with Crippen molar-refractivity contribution in [2.45, 2.75) is 12.6 Å². The third-order valence-corrected chi connectivity index (χ3v) is 5.46. The molecule has 26 heavy (non-hydrogen) atoms. The van der Waals surface area contributed by atoms with Gasteiger partial charge in [0.1, 0.15) is 16.6 Å².